The van der Waals surface area contributed by atoms with Crippen LogP contribution in [0.4, 0.5) is 26.3 Å². The van der Waals surface area contributed by atoms with Gasteiger partial charge in [-0.15, -0.1) is 0 Å². The summed E-state index contributed by atoms with van der Waals surface area (Å²) < 4.78 is 68.3. The molecule has 0 heterocycles. The van der Waals surface area contributed by atoms with Crippen molar-refractivity contribution in [3.05, 3.63) is 62.2 Å². The summed E-state index contributed by atoms with van der Waals surface area (Å²) in [5.41, 5.74) is -2.96. The molecule has 0 fully saturated rings. The van der Waals surface area contributed by atoms with E-state index in [2.05, 4.69) is 26.3 Å². The summed E-state index contributed by atoms with van der Waals surface area (Å²) in [5, 5.41) is 9.33. The average molecular weight is 357 g/mol. The first-order valence-corrected chi connectivity index (χ1v) is 6.72. The van der Waals surface area contributed by atoms with Crippen molar-refractivity contribution in [3.8, 4) is 0 Å². The fourth-order valence-electron chi connectivity index (χ4n) is 1.86. The molecule has 8 heteroatoms. The van der Waals surface area contributed by atoms with Crippen LogP contribution in [0.15, 0.2) is 62.2 Å². The first kappa shape index (κ1) is 24.3. The van der Waals surface area contributed by atoms with Gasteiger partial charge in [-0.3, -0.25) is 0 Å². The molecule has 0 unspecified atom stereocenters. The van der Waals surface area contributed by atoms with Crippen LogP contribution in [-0.2, 0) is 0 Å². The van der Waals surface area contributed by atoms with E-state index in [1.807, 2.05) is 24.3 Å². The second kappa shape index (κ2) is 11.6. The van der Waals surface area contributed by atoms with E-state index in [-0.39, 0.29) is 0 Å². The molecular formula is C16H21F6NO. The number of hydrogen-bond donors (Lipinski definition) is 0. The van der Waals surface area contributed by atoms with Crippen molar-refractivity contribution in [2.75, 3.05) is 26.2 Å². The monoisotopic (exact) mass is 357 g/mol. The van der Waals surface area contributed by atoms with Crippen LogP contribution < -0.4 is 5.11 Å². The third-order valence-corrected chi connectivity index (χ3v) is 2.80. The van der Waals surface area contributed by atoms with Gasteiger partial charge in [0.2, 0.25) is 0 Å². The molecule has 0 spiro atoms. The van der Waals surface area contributed by atoms with Gasteiger partial charge < -0.3 is 9.59 Å². The molecule has 0 aliphatic carbocycles. The lowest BCUT2D eigenvalue weighted by atomic mass is 10.3. The highest BCUT2D eigenvalue weighted by atomic mass is 19.4. The third kappa shape index (κ3) is 9.24. The maximum Gasteiger partial charge on any atom is 0.419 e. The van der Waals surface area contributed by atoms with Crippen LogP contribution in [0.2, 0.25) is 0 Å². The first-order chi connectivity index (χ1) is 11.0. The summed E-state index contributed by atoms with van der Waals surface area (Å²) in [4.78, 5) is 0. The van der Waals surface area contributed by atoms with Crippen LogP contribution >= 0.6 is 0 Å². The molecule has 0 amide bonds. The fraction of sp³-hybridized carbons (Fsp3) is 0.375. The Morgan fingerprint density at radius 2 is 1.17 bits per heavy atom. The van der Waals surface area contributed by atoms with Gasteiger partial charge in [-0.05, 0) is 24.3 Å². The topological polar surface area (TPSA) is 23.1 Å². The third-order valence-electron chi connectivity index (χ3n) is 2.80. The summed E-state index contributed by atoms with van der Waals surface area (Å²) in [6.45, 7) is 18.8. The van der Waals surface area contributed by atoms with E-state index in [0.717, 1.165) is 30.7 Å². The Morgan fingerprint density at radius 1 is 0.875 bits per heavy atom. The van der Waals surface area contributed by atoms with Crippen molar-refractivity contribution in [1.29, 1.82) is 0 Å². The van der Waals surface area contributed by atoms with Crippen LogP contribution in [0.25, 0.3) is 0 Å². The maximum atomic E-state index is 11.2. The molecule has 0 N–H and O–H groups in total. The molecule has 0 radical (unpaired) electrons. The molecule has 24 heavy (non-hydrogen) atoms. The van der Waals surface area contributed by atoms with E-state index in [4.69, 9.17) is 0 Å². The molecule has 0 aromatic carbocycles. The summed E-state index contributed by atoms with van der Waals surface area (Å²) in [5.74, 6) is 0. The van der Waals surface area contributed by atoms with E-state index >= 15 is 0 Å². The Bertz CT molecular complexity index is 404. The van der Waals surface area contributed by atoms with Crippen molar-refractivity contribution in [2.45, 2.75) is 12.6 Å². The quantitative estimate of drug-likeness (QED) is 0.266. The Kier molecular flexibility index (Phi) is 11.7. The molecule has 0 aromatic rings. The van der Waals surface area contributed by atoms with Gasteiger partial charge in [0.1, 0.15) is 5.57 Å². The molecule has 0 rings (SSSR count). The molecule has 0 aliphatic heterocycles. The van der Waals surface area contributed by atoms with Gasteiger partial charge >= 0.3 is 6.18 Å². The Morgan fingerprint density at radius 3 is 1.25 bits per heavy atom. The molecule has 0 saturated heterocycles. The number of rotatable bonds is 9. The van der Waals surface area contributed by atoms with Gasteiger partial charge in [-0.2, -0.15) is 13.2 Å². The van der Waals surface area contributed by atoms with E-state index < -0.39 is 24.2 Å². The molecule has 0 bridgehead atoms. The SMILES string of the molecule is C=CC[N+](CC=C)(CC=C)CC=C.[O-]C(F)=C(C(F)F)C(F)(F)F. The van der Waals surface area contributed by atoms with Gasteiger partial charge in [0.25, 0.3) is 6.43 Å². The summed E-state index contributed by atoms with van der Waals surface area (Å²) >= 11 is 0. The second-order valence-corrected chi connectivity index (χ2v) is 4.71. The highest BCUT2D eigenvalue weighted by Gasteiger charge is 2.40. The van der Waals surface area contributed by atoms with Crippen LogP contribution in [0.5, 0.6) is 0 Å². The zero-order valence-electron chi connectivity index (χ0n) is 13.2. The summed E-state index contributed by atoms with van der Waals surface area (Å²) in [6, 6.07) is -3.15. The molecule has 0 aliphatic rings. The zero-order valence-corrected chi connectivity index (χ0v) is 13.2. The number of allylic oxidation sites excluding steroid dienone is 1. The second-order valence-electron chi connectivity index (χ2n) is 4.71. The van der Waals surface area contributed by atoms with Crippen LogP contribution in [0, 0.1) is 0 Å². The van der Waals surface area contributed by atoms with Crippen molar-refractivity contribution in [1.82, 2.24) is 0 Å². The lowest BCUT2D eigenvalue weighted by Crippen LogP contribution is -2.48. The number of hydrogen-bond acceptors (Lipinski definition) is 1. The van der Waals surface area contributed by atoms with Gasteiger partial charge in [0.15, 0.2) is 0 Å². The number of alkyl halides is 5. The highest BCUT2D eigenvalue weighted by Crippen LogP contribution is 2.31. The molecule has 0 aromatic heterocycles. The summed E-state index contributed by atoms with van der Waals surface area (Å²) in [6.07, 6.45) is -1.97. The smallest absolute Gasteiger partial charge is 0.419 e. The van der Waals surface area contributed by atoms with Crippen LogP contribution in [-0.4, -0.2) is 43.3 Å². The van der Waals surface area contributed by atoms with Crippen LogP contribution in [0.3, 0.4) is 0 Å². The molecule has 138 valence electrons. The minimum absolute atomic E-state index is 0.903. The molecular weight excluding hydrogens is 336 g/mol. The van der Waals surface area contributed by atoms with Crippen LogP contribution in [0.1, 0.15) is 0 Å². The normalized spacial score (nSPS) is 12.6. The molecule has 2 nitrogen and oxygen atoms in total. The van der Waals surface area contributed by atoms with Crippen molar-refractivity contribution in [3.63, 3.8) is 0 Å². The van der Waals surface area contributed by atoms with Crippen molar-refractivity contribution in [2.24, 2.45) is 0 Å². The fourth-order valence-corrected chi connectivity index (χ4v) is 1.86. The van der Waals surface area contributed by atoms with Gasteiger partial charge in [-0.25, -0.2) is 13.2 Å². The Labute approximate surface area is 138 Å². The van der Waals surface area contributed by atoms with Crippen molar-refractivity contribution < 1.29 is 35.9 Å². The molecule has 0 atom stereocenters. The lowest BCUT2D eigenvalue weighted by molar-refractivity contribution is -0.906. The minimum Gasteiger partial charge on any atom is -0.851 e. The number of nitrogens with zero attached hydrogens (tertiary/aromatic N) is 1. The van der Waals surface area contributed by atoms with Crippen molar-refractivity contribution >= 4 is 0 Å². The zero-order chi connectivity index (χ0) is 19.4. The Hall–Kier alpha value is -1.96. The Balaban J connectivity index is 0. The summed E-state index contributed by atoms with van der Waals surface area (Å²) in [7, 11) is 0. The lowest BCUT2D eigenvalue weighted by Gasteiger charge is -2.35. The van der Waals surface area contributed by atoms with E-state index in [0.29, 0.717) is 0 Å². The predicted octanol–water partition coefficient (Wildman–Crippen LogP) is 3.90. The maximum absolute atomic E-state index is 11.2. The number of quaternary nitrogens is 1. The standard InChI is InChI=1S/C12H20N.C4H2F6O/c1-5-9-13(10-6-2,11-7-3)12-8-4;5-2(6)1(3(7)11)4(8,9)10/h5-8H,1-4,9-12H2;2,11H/q+1;/p-1. The predicted molar refractivity (Wildman–Crippen MR) is 80.7 cm³/mol. The van der Waals surface area contributed by atoms with E-state index in [1.54, 1.807) is 0 Å². The van der Waals surface area contributed by atoms with Gasteiger partial charge in [0, 0.05) is 0 Å². The highest BCUT2D eigenvalue weighted by molar-refractivity contribution is 5.11. The van der Waals surface area contributed by atoms with Gasteiger partial charge in [-0.1, -0.05) is 26.3 Å². The van der Waals surface area contributed by atoms with E-state index in [1.165, 1.54) is 0 Å². The average Bonchev–Trinajstić information content (AvgIpc) is 2.37. The number of halogens is 6. The van der Waals surface area contributed by atoms with Gasteiger partial charge in [0.05, 0.1) is 32.2 Å². The first-order valence-electron chi connectivity index (χ1n) is 6.72. The van der Waals surface area contributed by atoms with E-state index in [9.17, 15) is 31.4 Å². The molecule has 0 saturated carbocycles. The minimum atomic E-state index is -5.60. The largest absolute Gasteiger partial charge is 0.851 e.